The number of benzene rings is 4. The van der Waals surface area contributed by atoms with Gasteiger partial charge in [0.15, 0.2) is 0 Å². The van der Waals surface area contributed by atoms with E-state index in [1.165, 1.54) is 48.5 Å². The van der Waals surface area contributed by atoms with Crippen molar-refractivity contribution in [1.29, 1.82) is 0 Å². The second kappa shape index (κ2) is 19.4. The van der Waals surface area contributed by atoms with E-state index in [4.69, 9.17) is 20.7 Å². The first-order valence-electron chi connectivity index (χ1n) is 23.4. The van der Waals surface area contributed by atoms with Crippen LogP contribution in [0.5, 0.6) is 5.75 Å². The summed E-state index contributed by atoms with van der Waals surface area (Å²) in [6.07, 6.45) is 5.77. The number of likely N-dealkylation sites (tertiary alicyclic amines) is 1. The topological polar surface area (TPSA) is 246 Å². The Morgan fingerprint density at radius 3 is 2.36 bits per heavy atom. The highest BCUT2D eigenvalue weighted by Gasteiger charge is 2.45. The first-order valence-corrected chi connectivity index (χ1v) is 25.0. The fourth-order valence-electron chi connectivity index (χ4n) is 9.61. The van der Waals surface area contributed by atoms with E-state index in [0.717, 1.165) is 10.5 Å². The fraction of sp³-hybridized carbons (Fsp3) is 0.255. The van der Waals surface area contributed by atoms with E-state index in [1.807, 2.05) is 27.7 Å². The number of hydrogen-bond acceptors (Lipinski definition) is 13. The van der Waals surface area contributed by atoms with Gasteiger partial charge >= 0.3 is 5.76 Å². The highest BCUT2D eigenvalue weighted by atomic mass is 32.2. The second-order valence-electron chi connectivity index (χ2n) is 18.1. The predicted molar refractivity (Wildman–Crippen MR) is 265 cm³/mol. The van der Waals surface area contributed by atoms with E-state index in [9.17, 15) is 45.6 Å². The van der Waals surface area contributed by atoms with E-state index >= 15 is 0 Å². The van der Waals surface area contributed by atoms with Crippen LogP contribution in [0, 0.1) is 5.82 Å². The molecular formula is C51H46F3N11O8S. The lowest BCUT2D eigenvalue weighted by Crippen LogP contribution is -2.54. The molecule has 2 atom stereocenters. The summed E-state index contributed by atoms with van der Waals surface area (Å²) in [4.78, 5) is 71.9. The van der Waals surface area contributed by atoms with Crippen molar-refractivity contribution in [2.75, 3.05) is 28.9 Å². The number of carbonyl (C=O) groups excluding carboxylic acids is 5. The van der Waals surface area contributed by atoms with Crippen molar-refractivity contribution in [1.82, 2.24) is 39.7 Å². The molecule has 3 aliphatic heterocycles. The molecule has 2 fully saturated rings. The average Bonchev–Trinajstić information content (AvgIpc) is 4.09. The number of aryl methyl sites for hydroxylation is 1. The van der Waals surface area contributed by atoms with E-state index in [0.29, 0.717) is 76.0 Å². The van der Waals surface area contributed by atoms with Crippen LogP contribution in [0.25, 0.3) is 33.3 Å². The molecule has 5 N–H and O–H groups in total. The number of nitrogens with zero attached hydrogens (tertiary/aromatic N) is 7. The number of nitrogen functional groups attached to an aromatic ring is 1. The van der Waals surface area contributed by atoms with Crippen LogP contribution in [0.1, 0.15) is 87.0 Å². The summed E-state index contributed by atoms with van der Waals surface area (Å²) in [5.74, 6) is -6.63. The molecule has 1 unspecified atom stereocenters. The lowest BCUT2D eigenvalue weighted by Gasteiger charge is -2.32. The quantitative estimate of drug-likeness (QED) is 0.0819. The van der Waals surface area contributed by atoms with Crippen molar-refractivity contribution in [2.24, 2.45) is 7.05 Å². The maximum absolute atomic E-state index is 13.7. The van der Waals surface area contributed by atoms with E-state index < -0.39 is 57.4 Å². The molecule has 2 saturated heterocycles. The zero-order valence-electron chi connectivity index (χ0n) is 39.6. The Morgan fingerprint density at radius 2 is 1.65 bits per heavy atom. The molecule has 5 amide bonds. The number of alkyl halides is 2. The number of hydrogen-bond donors (Lipinski definition) is 4. The molecule has 0 aliphatic carbocycles. The van der Waals surface area contributed by atoms with Crippen LogP contribution < -0.4 is 25.8 Å². The summed E-state index contributed by atoms with van der Waals surface area (Å²) in [7, 11) is -3.37. The van der Waals surface area contributed by atoms with Gasteiger partial charge in [-0.15, -0.1) is 0 Å². The Morgan fingerprint density at radius 1 is 0.905 bits per heavy atom. The van der Waals surface area contributed by atoms with E-state index in [-0.39, 0.29) is 59.7 Å². The Labute approximate surface area is 420 Å². The number of aromatic nitrogens is 5. The lowest BCUT2D eigenvalue weighted by atomic mass is 10.0. The summed E-state index contributed by atoms with van der Waals surface area (Å²) < 4.78 is 76.8. The van der Waals surface area contributed by atoms with Gasteiger partial charge in [0.1, 0.15) is 35.2 Å². The average molecular weight is 1030 g/mol. The van der Waals surface area contributed by atoms with Gasteiger partial charge in [0.05, 0.1) is 40.0 Å². The Balaban J connectivity index is 0.803. The van der Waals surface area contributed by atoms with Gasteiger partial charge < -0.3 is 20.7 Å². The maximum atomic E-state index is 13.7. The summed E-state index contributed by atoms with van der Waals surface area (Å²) >= 11 is 0. The van der Waals surface area contributed by atoms with Crippen LogP contribution in [0.3, 0.4) is 0 Å². The molecule has 3 aromatic heterocycles. The number of ether oxygens (including phenoxy) is 1. The first kappa shape index (κ1) is 49.0. The molecule has 7 aromatic rings. The molecular weight excluding hydrogens is 984 g/mol. The van der Waals surface area contributed by atoms with Crippen molar-refractivity contribution in [2.45, 2.75) is 63.1 Å². The van der Waals surface area contributed by atoms with E-state index in [2.05, 4.69) is 15.6 Å². The minimum absolute atomic E-state index is 0.0185. The molecule has 0 radical (unpaired) electrons. The molecule has 0 bridgehead atoms. The summed E-state index contributed by atoms with van der Waals surface area (Å²) in [6, 6.07) is 20.5. The highest BCUT2D eigenvalue weighted by Crippen LogP contribution is 2.41. The largest absolute Gasteiger partial charge is 0.484 e. The number of nitrogens with two attached hydrogens (primary N) is 1. The standard InChI is InChI=1S/C51H46F3N11O8S/c1-27(29-10-13-33(52)14-11-29)73-40-22-31(12-15-37(40)61-74(71,72)51(53)54)44-43-45(62(2)60-44)36(25-57-46(43)55)32-24-58-64(26-32)34-18-20-63(21-19-34)48(68)30-8-6-28(7-9-30)23-56-38-5-3-4-35-42(38)50(70)65(49(35)69)39-16-17-41(66)59-47(39)67/h3-15,22,24-27,34,39,51,56,61H,16-21,23H2,1-2H3,(H2,55,57)(H,59,66,67)/t27-,39?/m0/s1. The molecule has 10 rings (SSSR count). The number of sulfonamides is 1. The zero-order chi connectivity index (χ0) is 52.2. The van der Waals surface area contributed by atoms with E-state index in [1.54, 1.807) is 60.2 Å². The smallest absolute Gasteiger partial charge is 0.355 e. The molecule has 4 aromatic carbocycles. The van der Waals surface area contributed by atoms with Crippen molar-refractivity contribution < 1.29 is 50.3 Å². The Kier molecular flexibility index (Phi) is 12.9. The number of halogens is 3. The maximum Gasteiger partial charge on any atom is 0.355 e. The molecule has 0 spiro atoms. The number of piperidine rings is 2. The Hall–Kier alpha value is -8.60. The number of carbonyl (C=O) groups is 5. The zero-order valence-corrected chi connectivity index (χ0v) is 40.4. The minimum Gasteiger partial charge on any atom is -0.484 e. The minimum atomic E-state index is -5.09. The van der Waals surface area contributed by atoms with Gasteiger partial charge in [-0.2, -0.15) is 19.0 Å². The first-order chi connectivity index (χ1) is 35.4. The normalized spacial score (nSPS) is 16.7. The molecule has 3 aliphatic rings. The van der Waals surface area contributed by atoms with Gasteiger partial charge in [-0.05, 0) is 85.8 Å². The SMILES string of the molecule is C[C@H](Oc1cc(-c2nn(C)c3c(-c4cnn(C5CCN(C(=O)c6ccc(CNc7cccc8c7C(=O)N(C7CCC(=O)NC7=O)C8=O)cc6)CC5)c4)cnc(N)c23)ccc1NS(=O)(=O)C(F)F)c1ccc(F)cc1. The third-order valence-electron chi connectivity index (χ3n) is 13.5. The van der Waals surface area contributed by atoms with Gasteiger partial charge in [-0.3, -0.25) is 48.3 Å². The fourth-order valence-corrected chi connectivity index (χ4v) is 10.2. The summed E-state index contributed by atoms with van der Waals surface area (Å²) in [5.41, 5.74) is 11.6. The number of amides is 5. The number of nitrogens with one attached hydrogen (secondary N) is 3. The van der Waals surface area contributed by atoms with Crippen LogP contribution in [0.2, 0.25) is 0 Å². The third kappa shape index (κ3) is 9.25. The van der Waals surface area contributed by atoms with Crippen molar-refractivity contribution in [3.8, 4) is 28.1 Å². The Bertz CT molecular complexity index is 3520. The number of rotatable bonds is 14. The van der Waals surface area contributed by atoms with Gasteiger partial charge in [0.25, 0.3) is 27.7 Å². The number of fused-ring (bicyclic) bond motifs is 2. The lowest BCUT2D eigenvalue weighted by molar-refractivity contribution is -0.136. The predicted octanol–water partition coefficient (Wildman–Crippen LogP) is 6.82. The van der Waals surface area contributed by atoms with Crippen molar-refractivity contribution >= 4 is 67.7 Å². The third-order valence-corrected chi connectivity index (χ3v) is 14.4. The summed E-state index contributed by atoms with van der Waals surface area (Å²) in [5, 5.41) is 15.4. The molecule has 74 heavy (non-hydrogen) atoms. The van der Waals surface area contributed by atoms with Gasteiger partial charge in [0, 0.05) is 73.4 Å². The van der Waals surface area contributed by atoms with Crippen LogP contribution in [0.4, 0.5) is 30.4 Å². The van der Waals surface area contributed by atoms with Gasteiger partial charge in [-0.25, -0.2) is 17.8 Å². The van der Waals surface area contributed by atoms with Gasteiger partial charge in [0.2, 0.25) is 11.8 Å². The van der Waals surface area contributed by atoms with Crippen LogP contribution >= 0.6 is 0 Å². The summed E-state index contributed by atoms with van der Waals surface area (Å²) in [6.45, 7) is 2.85. The number of imide groups is 2. The van der Waals surface area contributed by atoms with Gasteiger partial charge in [-0.1, -0.05) is 36.4 Å². The van der Waals surface area contributed by atoms with Crippen molar-refractivity contribution in [3.05, 3.63) is 137 Å². The molecule has 6 heterocycles. The van der Waals surface area contributed by atoms with Crippen molar-refractivity contribution in [3.63, 3.8) is 0 Å². The van der Waals surface area contributed by atoms with Crippen LogP contribution in [-0.2, 0) is 33.2 Å². The van der Waals surface area contributed by atoms with Crippen LogP contribution in [-0.4, -0.2) is 97.2 Å². The number of pyridine rings is 1. The molecule has 23 heteroatoms. The molecule has 19 nitrogen and oxygen atoms in total. The molecule has 380 valence electrons. The monoisotopic (exact) mass is 1030 g/mol. The number of anilines is 3. The molecule has 0 saturated carbocycles. The second-order valence-corrected chi connectivity index (χ2v) is 19.8. The van der Waals surface area contributed by atoms with Crippen LogP contribution in [0.15, 0.2) is 104 Å². The highest BCUT2D eigenvalue weighted by molar-refractivity contribution is 7.93.